The topological polar surface area (TPSA) is 70.0 Å². The first kappa shape index (κ1) is 16.6. The first-order valence-corrected chi connectivity index (χ1v) is 6.71. The van der Waals surface area contributed by atoms with Crippen LogP contribution in [0.1, 0.15) is 18.4 Å². The lowest BCUT2D eigenvalue weighted by Crippen LogP contribution is -2.49. The summed E-state index contributed by atoms with van der Waals surface area (Å²) < 4.78 is 41.1. The van der Waals surface area contributed by atoms with E-state index >= 15 is 0 Å². The fourth-order valence-corrected chi connectivity index (χ4v) is 2.39. The monoisotopic (exact) mass is 319 g/mol. The van der Waals surface area contributed by atoms with Crippen LogP contribution in [-0.2, 0) is 11.3 Å². The van der Waals surface area contributed by atoms with Crippen LogP contribution in [0, 0.1) is 0 Å². The van der Waals surface area contributed by atoms with Gasteiger partial charge in [0.1, 0.15) is 5.75 Å². The molecule has 5 nitrogen and oxygen atoms in total. The van der Waals surface area contributed by atoms with Crippen molar-refractivity contribution in [2.24, 2.45) is 0 Å². The molecule has 1 aromatic rings. The molecule has 2 rings (SSSR count). The first-order chi connectivity index (χ1) is 10.2. The number of nitrogens with zero attached hydrogens (tertiary/aromatic N) is 1. The molecule has 0 spiro atoms. The van der Waals surface area contributed by atoms with Crippen molar-refractivity contribution in [1.29, 1.82) is 0 Å². The highest BCUT2D eigenvalue weighted by atomic mass is 19.4. The van der Waals surface area contributed by atoms with E-state index in [0.29, 0.717) is 5.56 Å². The number of aliphatic carboxylic acids is 1. The number of piperidine rings is 1. The van der Waals surface area contributed by atoms with Crippen molar-refractivity contribution < 1.29 is 32.9 Å². The largest absolute Gasteiger partial charge is 0.573 e. The standard InChI is InChI=1S/C14H16F3NO4/c15-14(16,17)22-11-4-2-1-3-10(11)9-18-7-5-13(21,6-8-18)12(19)20/h1-4,21H,5-9H2,(H,19,20). The van der Waals surface area contributed by atoms with Gasteiger partial charge in [-0.1, -0.05) is 18.2 Å². The van der Waals surface area contributed by atoms with Crippen molar-refractivity contribution >= 4 is 5.97 Å². The van der Waals surface area contributed by atoms with Crippen molar-refractivity contribution in [3.8, 4) is 5.75 Å². The number of alkyl halides is 3. The molecule has 0 radical (unpaired) electrons. The Labute approximate surface area is 124 Å². The Morgan fingerprint density at radius 3 is 2.41 bits per heavy atom. The van der Waals surface area contributed by atoms with Gasteiger partial charge in [0.15, 0.2) is 5.60 Å². The molecule has 0 atom stereocenters. The number of likely N-dealkylation sites (tertiary alicyclic amines) is 1. The summed E-state index contributed by atoms with van der Waals surface area (Å²) in [5.41, 5.74) is -1.39. The first-order valence-electron chi connectivity index (χ1n) is 6.71. The molecule has 1 aliphatic heterocycles. The normalized spacial score (nSPS) is 18.9. The van der Waals surface area contributed by atoms with Gasteiger partial charge in [-0.2, -0.15) is 0 Å². The van der Waals surface area contributed by atoms with Gasteiger partial charge in [0.25, 0.3) is 0 Å². The van der Waals surface area contributed by atoms with Gasteiger partial charge in [0.2, 0.25) is 0 Å². The summed E-state index contributed by atoms with van der Waals surface area (Å²) >= 11 is 0. The summed E-state index contributed by atoms with van der Waals surface area (Å²) in [7, 11) is 0. The second kappa shape index (κ2) is 6.13. The SMILES string of the molecule is O=C(O)C1(O)CCN(Cc2ccccc2OC(F)(F)F)CC1. The second-order valence-corrected chi connectivity index (χ2v) is 5.27. The van der Waals surface area contributed by atoms with Gasteiger partial charge in [0, 0.05) is 25.2 Å². The van der Waals surface area contributed by atoms with Crippen molar-refractivity contribution in [2.45, 2.75) is 31.3 Å². The highest BCUT2D eigenvalue weighted by Crippen LogP contribution is 2.29. The van der Waals surface area contributed by atoms with Gasteiger partial charge >= 0.3 is 12.3 Å². The van der Waals surface area contributed by atoms with E-state index in [4.69, 9.17) is 5.11 Å². The van der Waals surface area contributed by atoms with Crippen LogP contribution >= 0.6 is 0 Å². The smallest absolute Gasteiger partial charge is 0.479 e. The molecule has 0 bridgehead atoms. The highest BCUT2D eigenvalue weighted by molar-refractivity contribution is 5.77. The number of ether oxygens (including phenoxy) is 1. The maximum Gasteiger partial charge on any atom is 0.573 e. The number of carboxylic acid groups (broad SMARTS) is 1. The molecule has 122 valence electrons. The predicted molar refractivity (Wildman–Crippen MR) is 70.2 cm³/mol. The van der Waals surface area contributed by atoms with Crippen LogP contribution in [0.15, 0.2) is 24.3 Å². The second-order valence-electron chi connectivity index (χ2n) is 5.27. The lowest BCUT2D eigenvalue weighted by atomic mass is 9.91. The van der Waals surface area contributed by atoms with E-state index < -0.39 is 17.9 Å². The molecule has 2 N–H and O–H groups in total. The molecular weight excluding hydrogens is 303 g/mol. The van der Waals surface area contributed by atoms with Gasteiger partial charge in [-0.25, -0.2) is 4.79 Å². The zero-order valence-electron chi connectivity index (χ0n) is 11.6. The van der Waals surface area contributed by atoms with Crippen LogP contribution in [0.3, 0.4) is 0 Å². The third-order valence-electron chi connectivity index (χ3n) is 3.67. The van der Waals surface area contributed by atoms with Crippen molar-refractivity contribution in [2.75, 3.05) is 13.1 Å². The Bertz CT molecular complexity index is 539. The zero-order chi connectivity index (χ0) is 16.4. The van der Waals surface area contributed by atoms with E-state index in [1.165, 1.54) is 18.2 Å². The number of aliphatic hydroxyl groups is 1. The van der Waals surface area contributed by atoms with E-state index in [1.54, 1.807) is 11.0 Å². The minimum atomic E-state index is -4.76. The minimum Gasteiger partial charge on any atom is -0.479 e. The summed E-state index contributed by atoms with van der Waals surface area (Å²) in [6.45, 7) is 0.758. The summed E-state index contributed by atoms with van der Waals surface area (Å²) in [4.78, 5) is 12.7. The number of carboxylic acids is 1. The molecule has 1 saturated heterocycles. The molecule has 0 saturated carbocycles. The van der Waals surface area contributed by atoms with E-state index in [0.717, 1.165) is 0 Å². The quantitative estimate of drug-likeness (QED) is 0.888. The molecule has 1 fully saturated rings. The van der Waals surface area contributed by atoms with Crippen LogP contribution in [0.25, 0.3) is 0 Å². The van der Waals surface area contributed by atoms with Crippen molar-refractivity contribution in [3.63, 3.8) is 0 Å². The van der Waals surface area contributed by atoms with Crippen molar-refractivity contribution in [3.05, 3.63) is 29.8 Å². The summed E-state index contributed by atoms with van der Waals surface area (Å²) in [5.74, 6) is -1.54. The summed E-state index contributed by atoms with van der Waals surface area (Å²) in [6, 6.07) is 5.82. The number of benzene rings is 1. The van der Waals surface area contributed by atoms with Crippen LogP contribution in [0.5, 0.6) is 5.75 Å². The third kappa shape index (κ3) is 4.11. The number of halogens is 3. The Morgan fingerprint density at radius 1 is 1.27 bits per heavy atom. The van der Waals surface area contributed by atoms with E-state index in [2.05, 4.69) is 4.74 Å². The molecule has 0 aromatic heterocycles. The maximum absolute atomic E-state index is 12.4. The van der Waals surface area contributed by atoms with Crippen LogP contribution < -0.4 is 4.74 Å². The molecule has 1 aromatic carbocycles. The Balaban J connectivity index is 2.02. The zero-order valence-corrected chi connectivity index (χ0v) is 11.6. The third-order valence-corrected chi connectivity index (χ3v) is 3.67. The highest BCUT2D eigenvalue weighted by Gasteiger charge is 2.39. The number of para-hydroxylation sites is 1. The molecule has 22 heavy (non-hydrogen) atoms. The molecule has 0 unspecified atom stereocenters. The Kier molecular flexibility index (Phi) is 4.62. The Hall–Kier alpha value is -1.80. The molecule has 8 heteroatoms. The molecule has 1 aliphatic rings. The number of hydrogen-bond donors (Lipinski definition) is 2. The van der Waals surface area contributed by atoms with Crippen molar-refractivity contribution in [1.82, 2.24) is 4.90 Å². The van der Waals surface area contributed by atoms with Gasteiger partial charge in [0.05, 0.1) is 0 Å². The summed E-state index contributed by atoms with van der Waals surface area (Å²) in [5, 5.41) is 18.8. The van der Waals surface area contributed by atoms with Crippen LogP contribution in [-0.4, -0.2) is 46.1 Å². The lowest BCUT2D eigenvalue weighted by Gasteiger charge is -2.35. The van der Waals surface area contributed by atoms with Gasteiger partial charge < -0.3 is 14.9 Å². The van der Waals surface area contributed by atoms with Gasteiger partial charge in [-0.3, -0.25) is 4.90 Å². The number of rotatable bonds is 4. The average Bonchev–Trinajstić information content (AvgIpc) is 2.42. The fraction of sp³-hybridized carbons (Fsp3) is 0.500. The van der Waals surface area contributed by atoms with Crippen LogP contribution in [0.4, 0.5) is 13.2 Å². The minimum absolute atomic E-state index is 0.0324. The summed E-state index contributed by atoms with van der Waals surface area (Å²) in [6.07, 6.45) is -4.70. The van der Waals surface area contributed by atoms with E-state index in [1.807, 2.05) is 0 Å². The van der Waals surface area contributed by atoms with Gasteiger partial charge in [-0.05, 0) is 18.9 Å². The van der Waals surface area contributed by atoms with E-state index in [-0.39, 0.29) is 38.2 Å². The Morgan fingerprint density at radius 2 is 1.86 bits per heavy atom. The van der Waals surface area contributed by atoms with E-state index in [9.17, 15) is 23.1 Å². The number of carbonyl (C=O) groups is 1. The number of hydrogen-bond acceptors (Lipinski definition) is 4. The average molecular weight is 319 g/mol. The van der Waals surface area contributed by atoms with Crippen LogP contribution in [0.2, 0.25) is 0 Å². The predicted octanol–water partition coefficient (Wildman–Crippen LogP) is 2.00. The molecule has 0 aliphatic carbocycles. The molecule has 0 amide bonds. The molecule has 1 heterocycles. The lowest BCUT2D eigenvalue weighted by molar-refractivity contribution is -0.275. The fourth-order valence-electron chi connectivity index (χ4n) is 2.39. The van der Waals surface area contributed by atoms with Gasteiger partial charge in [-0.15, -0.1) is 13.2 Å². The maximum atomic E-state index is 12.4. The molecular formula is C14H16F3NO4.